The first-order valence-electron chi connectivity index (χ1n) is 8.27. The van der Waals surface area contributed by atoms with Crippen LogP contribution in [-0.4, -0.2) is 48.3 Å². The summed E-state index contributed by atoms with van der Waals surface area (Å²) in [7, 11) is 3.46. The average Bonchev–Trinajstić information content (AvgIpc) is 3.20. The molecule has 3 rings (SSSR count). The molecular weight excluding hydrogens is 356 g/mol. The molecule has 0 radical (unpaired) electrons. The summed E-state index contributed by atoms with van der Waals surface area (Å²) in [6.07, 6.45) is 1.59. The Bertz CT molecular complexity index is 816. The van der Waals surface area contributed by atoms with Gasteiger partial charge in [0, 0.05) is 30.5 Å². The van der Waals surface area contributed by atoms with Crippen LogP contribution in [0.25, 0.3) is 10.4 Å². The van der Waals surface area contributed by atoms with Gasteiger partial charge in [0.2, 0.25) is 5.91 Å². The molecule has 1 aliphatic heterocycles. The number of carbonyl (C=O) groups is 2. The molecule has 0 aliphatic carbocycles. The molecule has 25 heavy (non-hydrogen) atoms. The zero-order valence-corrected chi connectivity index (χ0v) is 16.2. The number of likely N-dealkylation sites (N-methyl/N-ethyl adjacent to an activating group) is 1. The number of hydrogen-bond donors (Lipinski definition) is 0. The van der Waals surface area contributed by atoms with Crippen LogP contribution < -0.4 is 0 Å². The molecular formula is C19H21ClN2O2S. The van der Waals surface area contributed by atoms with Gasteiger partial charge in [-0.3, -0.25) is 9.59 Å². The minimum atomic E-state index is -0.348. The van der Waals surface area contributed by atoms with Crippen molar-refractivity contribution in [2.24, 2.45) is 0 Å². The average molecular weight is 377 g/mol. The number of likely N-dealkylation sites (tertiary alicyclic amines) is 1. The first-order chi connectivity index (χ1) is 11.9. The largest absolute Gasteiger partial charge is 0.347 e. The second kappa shape index (κ2) is 7.18. The van der Waals surface area contributed by atoms with Crippen LogP contribution in [0.1, 0.15) is 28.1 Å². The molecule has 1 saturated heterocycles. The molecule has 2 heterocycles. The van der Waals surface area contributed by atoms with Gasteiger partial charge in [-0.2, -0.15) is 0 Å². The monoisotopic (exact) mass is 376 g/mol. The normalized spacial score (nSPS) is 17.0. The second-order valence-corrected chi connectivity index (χ2v) is 8.01. The van der Waals surface area contributed by atoms with E-state index in [1.165, 1.54) is 11.3 Å². The van der Waals surface area contributed by atoms with Crippen LogP contribution in [0, 0.1) is 6.92 Å². The lowest BCUT2D eigenvalue weighted by Gasteiger charge is -2.25. The maximum Gasteiger partial charge on any atom is 0.264 e. The summed E-state index contributed by atoms with van der Waals surface area (Å²) in [6, 6.07) is 9.21. The van der Waals surface area contributed by atoms with Gasteiger partial charge in [0.25, 0.3) is 5.91 Å². The Morgan fingerprint density at radius 1 is 1.28 bits per heavy atom. The number of benzene rings is 1. The molecule has 1 fully saturated rings. The van der Waals surface area contributed by atoms with Crippen molar-refractivity contribution in [3.63, 3.8) is 0 Å². The quantitative estimate of drug-likeness (QED) is 0.810. The van der Waals surface area contributed by atoms with E-state index < -0.39 is 0 Å². The summed E-state index contributed by atoms with van der Waals surface area (Å²) >= 11 is 7.55. The fraction of sp³-hybridized carbons (Fsp3) is 0.368. The molecule has 0 bridgehead atoms. The Hall–Kier alpha value is -1.85. The summed E-state index contributed by atoms with van der Waals surface area (Å²) in [4.78, 5) is 30.3. The van der Waals surface area contributed by atoms with E-state index in [0.29, 0.717) is 16.4 Å². The number of halogens is 1. The minimum Gasteiger partial charge on any atom is -0.347 e. The maximum atomic E-state index is 13.0. The summed E-state index contributed by atoms with van der Waals surface area (Å²) in [5, 5.41) is 0.675. The lowest BCUT2D eigenvalue weighted by Crippen LogP contribution is -2.45. The van der Waals surface area contributed by atoms with Gasteiger partial charge in [-0.15, -0.1) is 11.3 Å². The predicted octanol–water partition coefficient (Wildman–Crippen LogP) is 4.07. The van der Waals surface area contributed by atoms with Crippen LogP contribution in [-0.2, 0) is 4.79 Å². The van der Waals surface area contributed by atoms with Gasteiger partial charge in [0.1, 0.15) is 6.04 Å². The summed E-state index contributed by atoms with van der Waals surface area (Å²) in [5.41, 5.74) is 2.06. The Labute approximate surface area is 157 Å². The zero-order chi connectivity index (χ0) is 18.1. The van der Waals surface area contributed by atoms with Gasteiger partial charge >= 0.3 is 0 Å². The van der Waals surface area contributed by atoms with E-state index in [9.17, 15) is 9.59 Å². The highest BCUT2D eigenvalue weighted by molar-refractivity contribution is 7.17. The van der Waals surface area contributed by atoms with Crippen LogP contribution >= 0.6 is 22.9 Å². The molecule has 4 nitrogen and oxygen atoms in total. The smallest absolute Gasteiger partial charge is 0.264 e. The van der Waals surface area contributed by atoms with E-state index in [-0.39, 0.29) is 17.9 Å². The van der Waals surface area contributed by atoms with E-state index in [2.05, 4.69) is 0 Å². The van der Waals surface area contributed by atoms with Crippen molar-refractivity contribution in [3.8, 4) is 10.4 Å². The molecule has 0 saturated carbocycles. The summed E-state index contributed by atoms with van der Waals surface area (Å²) in [5.74, 6) is -0.0618. The molecule has 2 amide bonds. The molecule has 1 atom stereocenters. The zero-order valence-electron chi connectivity index (χ0n) is 14.6. The van der Waals surface area contributed by atoms with Crippen molar-refractivity contribution in [2.75, 3.05) is 20.6 Å². The highest BCUT2D eigenvalue weighted by atomic mass is 35.5. The lowest BCUT2D eigenvalue weighted by molar-refractivity contribution is -0.132. The van der Waals surface area contributed by atoms with Crippen molar-refractivity contribution in [3.05, 3.63) is 45.8 Å². The maximum absolute atomic E-state index is 13.0. The number of hydrogen-bond acceptors (Lipinski definition) is 3. The van der Waals surface area contributed by atoms with Crippen molar-refractivity contribution >= 4 is 34.8 Å². The van der Waals surface area contributed by atoms with Gasteiger partial charge in [-0.1, -0.05) is 23.7 Å². The number of nitrogens with zero attached hydrogens (tertiary/aromatic N) is 2. The molecule has 0 spiro atoms. The Morgan fingerprint density at radius 2 is 2.04 bits per heavy atom. The van der Waals surface area contributed by atoms with E-state index in [4.69, 9.17) is 11.6 Å². The van der Waals surface area contributed by atoms with Gasteiger partial charge in [-0.25, -0.2) is 0 Å². The first-order valence-corrected chi connectivity index (χ1v) is 9.46. The number of rotatable bonds is 3. The fourth-order valence-corrected chi connectivity index (χ4v) is 4.53. The lowest BCUT2D eigenvalue weighted by atomic mass is 10.1. The van der Waals surface area contributed by atoms with E-state index in [1.807, 2.05) is 37.3 Å². The standard InChI is InChI=1S/C19H21ClN2O2S/c1-12-10-16(25-17(12)13-6-4-7-14(20)11-13)19(24)22-9-5-8-15(22)18(23)21(2)3/h4,6-7,10-11,15H,5,8-9H2,1-3H3. The Balaban J connectivity index is 1.88. The summed E-state index contributed by atoms with van der Waals surface area (Å²) < 4.78 is 0. The van der Waals surface area contributed by atoms with Crippen LogP contribution in [0.5, 0.6) is 0 Å². The molecule has 132 valence electrons. The van der Waals surface area contributed by atoms with E-state index >= 15 is 0 Å². The Morgan fingerprint density at radius 3 is 2.72 bits per heavy atom. The van der Waals surface area contributed by atoms with Crippen molar-refractivity contribution < 1.29 is 9.59 Å². The van der Waals surface area contributed by atoms with Crippen LogP contribution in [0.4, 0.5) is 0 Å². The fourth-order valence-electron chi connectivity index (χ4n) is 3.21. The van der Waals surface area contributed by atoms with Crippen LogP contribution in [0.3, 0.4) is 0 Å². The third-order valence-electron chi connectivity index (χ3n) is 4.45. The third-order valence-corrected chi connectivity index (χ3v) is 5.96. The van der Waals surface area contributed by atoms with E-state index in [1.54, 1.807) is 23.9 Å². The van der Waals surface area contributed by atoms with Gasteiger partial charge in [-0.05, 0) is 49.1 Å². The van der Waals surface area contributed by atoms with Gasteiger partial charge in [0.05, 0.1) is 4.88 Å². The number of aryl methyl sites for hydroxylation is 1. The molecule has 0 N–H and O–H groups in total. The molecule has 1 aromatic heterocycles. The molecule has 1 aromatic carbocycles. The third kappa shape index (κ3) is 3.58. The highest BCUT2D eigenvalue weighted by Gasteiger charge is 2.36. The number of amides is 2. The highest BCUT2D eigenvalue weighted by Crippen LogP contribution is 2.35. The van der Waals surface area contributed by atoms with Crippen molar-refractivity contribution in [2.45, 2.75) is 25.8 Å². The van der Waals surface area contributed by atoms with Crippen LogP contribution in [0.15, 0.2) is 30.3 Å². The predicted molar refractivity (Wildman–Crippen MR) is 102 cm³/mol. The van der Waals surface area contributed by atoms with E-state index in [0.717, 1.165) is 28.8 Å². The number of carbonyl (C=O) groups excluding carboxylic acids is 2. The van der Waals surface area contributed by atoms with Crippen molar-refractivity contribution in [1.29, 1.82) is 0 Å². The molecule has 1 aliphatic rings. The second-order valence-electron chi connectivity index (χ2n) is 6.52. The van der Waals surface area contributed by atoms with Crippen LogP contribution in [0.2, 0.25) is 5.02 Å². The SMILES string of the molecule is Cc1cc(C(=O)N2CCCC2C(=O)N(C)C)sc1-c1cccc(Cl)c1. The van der Waals surface area contributed by atoms with Crippen molar-refractivity contribution in [1.82, 2.24) is 9.80 Å². The minimum absolute atomic E-state index is 0.00538. The molecule has 2 aromatic rings. The molecule has 1 unspecified atom stereocenters. The molecule has 6 heteroatoms. The Kier molecular flexibility index (Phi) is 5.16. The number of thiophene rings is 1. The van der Waals surface area contributed by atoms with Gasteiger partial charge in [0.15, 0.2) is 0 Å². The van der Waals surface area contributed by atoms with Gasteiger partial charge < -0.3 is 9.80 Å². The topological polar surface area (TPSA) is 40.6 Å². The first kappa shape index (κ1) is 18.0. The summed E-state index contributed by atoms with van der Waals surface area (Å²) in [6.45, 7) is 2.63.